The molecule has 1 aromatic heterocycles. The molecule has 1 fully saturated rings. The van der Waals surface area contributed by atoms with E-state index in [0.717, 1.165) is 31.5 Å². The summed E-state index contributed by atoms with van der Waals surface area (Å²) in [6.07, 6.45) is 3.50. The summed E-state index contributed by atoms with van der Waals surface area (Å²) in [4.78, 5) is 15.5. The van der Waals surface area contributed by atoms with Crippen LogP contribution in [0.25, 0.3) is 0 Å². The second kappa shape index (κ2) is 4.61. The lowest BCUT2D eigenvalue weighted by Gasteiger charge is -2.25. The normalized spacial score (nSPS) is 25.4. The minimum absolute atomic E-state index is 0.0363. The van der Waals surface area contributed by atoms with E-state index in [9.17, 15) is 4.79 Å². The largest absolute Gasteiger partial charge is 0.340 e. The van der Waals surface area contributed by atoms with Gasteiger partial charge in [0.05, 0.1) is 0 Å². The SMILES string of the molecule is Cc1nc([C@H]2CC[C@H](C(=O)NN)CC2)no1. The molecule has 1 saturated carbocycles. The number of nitrogens with one attached hydrogen (secondary N) is 1. The van der Waals surface area contributed by atoms with Crippen LogP contribution in [-0.2, 0) is 4.79 Å². The Morgan fingerprint density at radius 1 is 1.44 bits per heavy atom. The number of aryl methyl sites for hydroxylation is 1. The van der Waals surface area contributed by atoms with E-state index in [1.54, 1.807) is 6.92 Å². The fraction of sp³-hybridized carbons (Fsp3) is 0.700. The molecule has 1 heterocycles. The highest BCUT2D eigenvalue weighted by molar-refractivity contribution is 5.78. The van der Waals surface area contributed by atoms with E-state index < -0.39 is 0 Å². The van der Waals surface area contributed by atoms with Crippen molar-refractivity contribution in [3.05, 3.63) is 11.7 Å². The molecule has 1 aliphatic rings. The number of rotatable bonds is 2. The Bertz CT molecular complexity index is 369. The average molecular weight is 224 g/mol. The quantitative estimate of drug-likeness (QED) is 0.437. The Labute approximate surface area is 93.6 Å². The van der Waals surface area contributed by atoms with Gasteiger partial charge < -0.3 is 4.52 Å². The predicted molar refractivity (Wildman–Crippen MR) is 56.1 cm³/mol. The monoisotopic (exact) mass is 224 g/mol. The molecule has 0 bridgehead atoms. The highest BCUT2D eigenvalue weighted by atomic mass is 16.5. The van der Waals surface area contributed by atoms with Gasteiger partial charge in [-0.1, -0.05) is 5.16 Å². The van der Waals surface area contributed by atoms with E-state index in [2.05, 4.69) is 15.6 Å². The van der Waals surface area contributed by atoms with Gasteiger partial charge in [-0.15, -0.1) is 0 Å². The van der Waals surface area contributed by atoms with Crippen molar-refractivity contribution in [3.8, 4) is 0 Å². The number of nitrogens with two attached hydrogens (primary N) is 1. The third kappa shape index (κ3) is 2.21. The Morgan fingerprint density at radius 3 is 2.62 bits per heavy atom. The number of aromatic nitrogens is 2. The highest BCUT2D eigenvalue weighted by Gasteiger charge is 2.28. The molecule has 6 nitrogen and oxygen atoms in total. The van der Waals surface area contributed by atoms with Gasteiger partial charge >= 0.3 is 0 Å². The molecule has 0 radical (unpaired) electrons. The fourth-order valence-corrected chi connectivity index (χ4v) is 2.21. The van der Waals surface area contributed by atoms with Crippen molar-refractivity contribution in [1.29, 1.82) is 0 Å². The number of hydrazine groups is 1. The van der Waals surface area contributed by atoms with Crippen LogP contribution in [0.3, 0.4) is 0 Å². The maximum Gasteiger partial charge on any atom is 0.236 e. The fourth-order valence-electron chi connectivity index (χ4n) is 2.21. The molecule has 3 N–H and O–H groups in total. The molecule has 2 rings (SSSR count). The predicted octanol–water partition coefficient (Wildman–Crippen LogP) is 0.642. The topological polar surface area (TPSA) is 94.0 Å². The van der Waals surface area contributed by atoms with Crippen LogP contribution in [0, 0.1) is 12.8 Å². The van der Waals surface area contributed by atoms with Gasteiger partial charge in [0.1, 0.15) is 0 Å². The van der Waals surface area contributed by atoms with Crippen LogP contribution >= 0.6 is 0 Å². The smallest absolute Gasteiger partial charge is 0.236 e. The van der Waals surface area contributed by atoms with Crippen molar-refractivity contribution in [2.24, 2.45) is 11.8 Å². The van der Waals surface area contributed by atoms with Crippen LogP contribution in [0.15, 0.2) is 4.52 Å². The van der Waals surface area contributed by atoms with Crippen molar-refractivity contribution < 1.29 is 9.32 Å². The summed E-state index contributed by atoms with van der Waals surface area (Å²) >= 11 is 0. The number of carbonyl (C=O) groups is 1. The van der Waals surface area contributed by atoms with Crippen LogP contribution in [0.1, 0.15) is 43.3 Å². The summed E-state index contributed by atoms with van der Waals surface area (Å²) in [6, 6.07) is 0. The molecule has 0 aromatic carbocycles. The zero-order valence-corrected chi connectivity index (χ0v) is 9.27. The van der Waals surface area contributed by atoms with Crippen LogP contribution in [0.2, 0.25) is 0 Å². The van der Waals surface area contributed by atoms with Gasteiger partial charge in [0, 0.05) is 18.8 Å². The molecule has 0 saturated heterocycles. The lowest BCUT2D eigenvalue weighted by molar-refractivity contribution is -0.126. The molecular formula is C10H16N4O2. The highest BCUT2D eigenvalue weighted by Crippen LogP contribution is 2.34. The van der Waals surface area contributed by atoms with Crippen molar-refractivity contribution in [2.75, 3.05) is 0 Å². The first-order chi connectivity index (χ1) is 7.70. The van der Waals surface area contributed by atoms with Gasteiger partial charge in [-0.3, -0.25) is 10.2 Å². The van der Waals surface area contributed by atoms with Crippen molar-refractivity contribution in [3.63, 3.8) is 0 Å². The molecule has 0 spiro atoms. The maximum absolute atomic E-state index is 11.3. The minimum atomic E-state index is -0.0669. The lowest BCUT2D eigenvalue weighted by atomic mass is 9.81. The van der Waals surface area contributed by atoms with E-state index in [0.29, 0.717) is 11.8 Å². The van der Waals surface area contributed by atoms with Crippen molar-refractivity contribution in [2.45, 2.75) is 38.5 Å². The number of amides is 1. The van der Waals surface area contributed by atoms with Gasteiger partial charge in [-0.05, 0) is 25.7 Å². The second-order valence-corrected chi connectivity index (χ2v) is 4.23. The van der Waals surface area contributed by atoms with E-state index in [4.69, 9.17) is 10.4 Å². The first kappa shape index (κ1) is 11.1. The Morgan fingerprint density at radius 2 is 2.12 bits per heavy atom. The summed E-state index contributed by atoms with van der Waals surface area (Å²) in [7, 11) is 0. The van der Waals surface area contributed by atoms with Gasteiger partial charge in [0.25, 0.3) is 0 Å². The molecule has 1 aromatic rings. The first-order valence-corrected chi connectivity index (χ1v) is 5.51. The molecule has 16 heavy (non-hydrogen) atoms. The molecule has 0 aliphatic heterocycles. The number of hydrogen-bond acceptors (Lipinski definition) is 5. The van der Waals surface area contributed by atoms with Gasteiger partial charge in [0.2, 0.25) is 11.8 Å². The summed E-state index contributed by atoms with van der Waals surface area (Å²) in [5.74, 6) is 6.76. The van der Waals surface area contributed by atoms with Crippen LogP contribution in [-0.4, -0.2) is 16.0 Å². The standard InChI is InChI=1S/C10H16N4O2/c1-6-12-9(14-16-6)7-2-4-8(5-3-7)10(15)13-11/h7-8H,2-5,11H2,1H3,(H,13,15)/t7-,8-. The summed E-state index contributed by atoms with van der Waals surface area (Å²) < 4.78 is 4.95. The third-order valence-electron chi connectivity index (χ3n) is 3.15. The Kier molecular flexibility index (Phi) is 3.19. The summed E-state index contributed by atoms with van der Waals surface area (Å²) in [6.45, 7) is 1.78. The van der Waals surface area contributed by atoms with E-state index in [1.807, 2.05) is 0 Å². The zero-order chi connectivity index (χ0) is 11.5. The Hall–Kier alpha value is -1.43. The maximum atomic E-state index is 11.3. The van der Waals surface area contributed by atoms with Crippen molar-refractivity contribution >= 4 is 5.91 Å². The number of hydrogen-bond donors (Lipinski definition) is 2. The summed E-state index contributed by atoms with van der Waals surface area (Å²) in [5.41, 5.74) is 2.20. The van der Waals surface area contributed by atoms with Gasteiger partial charge in [-0.25, -0.2) is 5.84 Å². The van der Waals surface area contributed by atoms with Crippen LogP contribution < -0.4 is 11.3 Å². The van der Waals surface area contributed by atoms with Crippen LogP contribution in [0.4, 0.5) is 0 Å². The van der Waals surface area contributed by atoms with Gasteiger partial charge in [-0.2, -0.15) is 4.98 Å². The first-order valence-electron chi connectivity index (χ1n) is 5.51. The molecule has 0 unspecified atom stereocenters. The van der Waals surface area contributed by atoms with E-state index in [-0.39, 0.29) is 11.8 Å². The Balaban J connectivity index is 1.92. The molecule has 1 aliphatic carbocycles. The van der Waals surface area contributed by atoms with E-state index in [1.165, 1.54) is 0 Å². The summed E-state index contributed by atoms with van der Waals surface area (Å²) in [5, 5.41) is 3.92. The lowest BCUT2D eigenvalue weighted by Crippen LogP contribution is -2.37. The molecule has 0 atom stereocenters. The number of carbonyl (C=O) groups excluding carboxylic acids is 1. The molecule has 1 amide bonds. The zero-order valence-electron chi connectivity index (χ0n) is 9.27. The van der Waals surface area contributed by atoms with Gasteiger partial charge in [0.15, 0.2) is 5.82 Å². The van der Waals surface area contributed by atoms with Crippen LogP contribution in [0.5, 0.6) is 0 Å². The number of nitrogens with zero attached hydrogens (tertiary/aromatic N) is 2. The second-order valence-electron chi connectivity index (χ2n) is 4.23. The third-order valence-corrected chi connectivity index (χ3v) is 3.15. The van der Waals surface area contributed by atoms with Crippen molar-refractivity contribution in [1.82, 2.24) is 15.6 Å². The minimum Gasteiger partial charge on any atom is -0.340 e. The molecule has 6 heteroatoms. The van der Waals surface area contributed by atoms with E-state index >= 15 is 0 Å². The average Bonchev–Trinajstić information content (AvgIpc) is 2.75. The molecular weight excluding hydrogens is 208 g/mol. The molecule has 88 valence electrons.